The zero-order valence-electron chi connectivity index (χ0n) is 18.6. The minimum absolute atomic E-state index is 0.164. The van der Waals surface area contributed by atoms with E-state index in [-0.39, 0.29) is 17.8 Å². The molecule has 1 aliphatic carbocycles. The lowest BCUT2D eigenvalue weighted by molar-refractivity contribution is 0.414. The lowest BCUT2D eigenvalue weighted by Gasteiger charge is -2.15. The van der Waals surface area contributed by atoms with Gasteiger partial charge in [-0.05, 0) is 48.6 Å². The van der Waals surface area contributed by atoms with Crippen molar-refractivity contribution in [2.45, 2.75) is 25.3 Å². The summed E-state index contributed by atoms with van der Waals surface area (Å²) in [6, 6.07) is 9.60. The van der Waals surface area contributed by atoms with Gasteiger partial charge >= 0.3 is 5.69 Å². The molecule has 174 valence electrons. The Morgan fingerprint density at radius 1 is 1.20 bits per heavy atom. The van der Waals surface area contributed by atoms with Gasteiger partial charge in [-0.1, -0.05) is 6.07 Å². The Morgan fingerprint density at radius 2 is 2.09 bits per heavy atom. The summed E-state index contributed by atoms with van der Waals surface area (Å²) in [7, 11) is 1.65. The van der Waals surface area contributed by atoms with E-state index in [4.69, 9.17) is 14.1 Å². The summed E-state index contributed by atoms with van der Waals surface area (Å²) in [5.74, 6) is 2.33. The molecule has 1 aliphatic rings. The zero-order chi connectivity index (χ0) is 23.7. The summed E-state index contributed by atoms with van der Waals surface area (Å²) in [6.45, 7) is 0.202. The molecule has 10 heteroatoms. The Bertz CT molecular complexity index is 1870. The van der Waals surface area contributed by atoms with Crippen LogP contribution in [0.2, 0.25) is 0 Å². The van der Waals surface area contributed by atoms with Crippen molar-refractivity contribution in [3.8, 4) is 17.1 Å². The normalized spacial score (nSPS) is 13.9. The third-order valence-electron chi connectivity index (χ3n) is 6.56. The highest BCUT2D eigenvalue weighted by molar-refractivity contribution is 7.26. The number of imidazole rings is 1. The summed E-state index contributed by atoms with van der Waals surface area (Å²) in [6.07, 6.45) is 5.15. The molecule has 1 saturated carbocycles. The number of nitrogens with zero attached hydrogens (tertiary/aromatic N) is 3. The highest BCUT2D eigenvalue weighted by Crippen LogP contribution is 2.46. The average Bonchev–Trinajstić information content (AvgIpc) is 3.25. The van der Waals surface area contributed by atoms with E-state index in [1.165, 1.54) is 17.7 Å². The van der Waals surface area contributed by atoms with Crippen molar-refractivity contribution in [2.24, 2.45) is 0 Å². The molecule has 2 aromatic carbocycles. The first-order chi connectivity index (χ1) is 17.1. The van der Waals surface area contributed by atoms with Crippen molar-refractivity contribution >= 4 is 42.7 Å². The number of fused-ring (bicyclic) bond motifs is 5. The van der Waals surface area contributed by atoms with Crippen LogP contribution >= 0.6 is 11.3 Å². The van der Waals surface area contributed by atoms with Gasteiger partial charge < -0.3 is 19.1 Å². The molecule has 6 aromatic rings. The number of methoxy groups -OCH3 is 1. The molecule has 0 spiro atoms. The fraction of sp³-hybridized carbons (Fsp3) is 0.200. The number of hydrogen-bond acceptors (Lipinski definition) is 7. The molecule has 35 heavy (non-hydrogen) atoms. The van der Waals surface area contributed by atoms with Gasteiger partial charge in [0.1, 0.15) is 22.2 Å². The molecule has 1 fully saturated rings. The van der Waals surface area contributed by atoms with Crippen molar-refractivity contribution in [3.63, 3.8) is 0 Å². The smallest absolute Gasteiger partial charge is 0.323 e. The van der Waals surface area contributed by atoms with Crippen molar-refractivity contribution < 1.29 is 9.15 Å². The number of nitrogens with one attached hydrogen (secondary N) is 2. The molecule has 0 bridgehead atoms. The lowest BCUT2D eigenvalue weighted by Crippen LogP contribution is -2.24. The first kappa shape index (κ1) is 20.2. The lowest BCUT2D eigenvalue weighted by atomic mass is 10.0. The number of aromatic amines is 2. The van der Waals surface area contributed by atoms with Crippen LogP contribution in [-0.4, -0.2) is 31.6 Å². The van der Waals surface area contributed by atoms with Gasteiger partial charge in [0.2, 0.25) is 0 Å². The summed E-state index contributed by atoms with van der Waals surface area (Å²) in [5, 5.41) is 1.29. The SMILES string of the molecule is COc1ccc(-c2nc3sc4c(ccc5[nH]c(=O)[nH]c54)c3c(=O)n2Cc2cnco2)c(C2CC2)c1. The molecule has 4 heterocycles. The molecule has 0 amide bonds. The maximum atomic E-state index is 14.0. The van der Waals surface area contributed by atoms with Gasteiger partial charge in [-0.25, -0.2) is 14.8 Å². The third-order valence-corrected chi connectivity index (χ3v) is 7.68. The number of rotatable bonds is 5. The summed E-state index contributed by atoms with van der Waals surface area (Å²) in [5.41, 5.74) is 2.96. The molecule has 7 rings (SSSR count). The Kier molecular flexibility index (Phi) is 4.28. The monoisotopic (exact) mass is 485 g/mol. The number of thiophene rings is 1. The maximum Gasteiger partial charge on any atom is 0.323 e. The van der Waals surface area contributed by atoms with Gasteiger partial charge in [0.15, 0.2) is 6.39 Å². The van der Waals surface area contributed by atoms with Crippen molar-refractivity contribution in [1.29, 1.82) is 0 Å². The molecule has 2 N–H and O–H groups in total. The number of hydrogen-bond donors (Lipinski definition) is 2. The van der Waals surface area contributed by atoms with Crippen LogP contribution < -0.4 is 16.0 Å². The van der Waals surface area contributed by atoms with Crippen LogP contribution in [0.25, 0.3) is 42.7 Å². The van der Waals surface area contributed by atoms with Gasteiger partial charge in [0.25, 0.3) is 5.56 Å². The number of ether oxygens (including phenoxy) is 1. The third kappa shape index (κ3) is 3.13. The topological polar surface area (TPSA) is 119 Å². The van der Waals surface area contributed by atoms with Gasteiger partial charge in [0.05, 0.1) is 41.0 Å². The highest BCUT2D eigenvalue weighted by atomic mass is 32.1. The summed E-state index contributed by atoms with van der Waals surface area (Å²) in [4.78, 5) is 41.3. The fourth-order valence-electron chi connectivity index (χ4n) is 4.75. The van der Waals surface area contributed by atoms with Crippen LogP contribution in [0.5, 0.6) is 5.75 Å². The molecule has 4 aromatic heterocycles. The van der Waals surface area contributed by atoms with E-state index in [9.17, 15) is 9.59 Å². The van der Waals surface area contributed by atoms with E-state index in [0.29, 0.717) is 38.8 Å². The first-order valence-corrected chi connectivity index (χ1v) is 12.1. The van der Waals surface area contributed by atoms with Crippen LogP contribution in [0.3, 0.4) is 0 Å². The minimum atomic E-state index is -0.284. The number of aromatic nitrogens is 5. The van der Waals surface area contributed by atoms with Crippen molar-refractivity contribution in [3.05, 3.63) is 75.1 Å². The number of benzene rings is 2. The standard InChI is InChI=1S/C25H19N5O4S/c1-33-13-4-5-15(17(8-13)12-2-3-12)22-29-23-19(24(31)30(22)10-14-9-26-11-34-14)16-6-7-18-20(21(16)35-23)28-25(32)27-18/h4-9,11-12H,2-3,10H2,1H3,(H2,27,28,32). The first-order valence-electron chi connectivity index (χ1n) is 11.2. The van der Waals surface area contributed by atoms with Gasteiger partial charge in [0, 0.05) is 10.9 Å². The van der Waals surface area contributed by atoms with E-state index in [0.717, 1.165) is 39.8 Å². The minimum Gasteiger partial charge on any atom is -0.497 e. The van der Waals surface area contributed by atoms with E-state index in [2.05, 4.69) is 15.0 Å². The molecule has 0 aliphatic heterocycles. The largest absolute Gasteiger partial charge is 0.497 e. The quantitative estimate of drug-likeness (QED) is 0.374. The molecule has 9 nitrogen and oxygen atoms in total. The fourth-order valence-corrected chi connectivity index (χ4v) is 5.92. The number of H-pyrrole nitrogens is 2. The maximum absolute atomic E-state index is 14.0. The Labute approximate surface area is 201 Å². The van der Waals surface area contributed by atoms with Gasteiger partial charge in [-0.3, -0.25) is 9.36 Å². The molecule has 0 unspecified atom stereocenters. The van der Waals surface area contributed by atoms with Crippen molar-refractivity contribution in [1.82, 2.24) is 24.5 Å². The van der Waals surface area contributed by atoms with Crippen LogP contribution in [0.15, 0.2) is 56.9 Å². The molecule has 0 radical (unpaired) electrons. The molecular weight excluding hydrogens is 466 g/mol. The van der Waals surface area contributed by atoms with E-state index in [1.807, 2.05) is 30.3 Å². The molecular formula is C25H19N5O4S. The summed E-state index contributed by atoms with van der Waals surface area (Å²) >= 11 is 1.41. The van der Waals surface area contributed by atoms with E-state index < -0.39 is 0 Å². The van der Waals surface area contributed by atoms with E-state index in [1.54, 1.807) is 17.9 Å². The van der Waals surface area contributed by atoms with Crippen LogP contribution in [0.4, 0.5) is 0 Å². The van der Waals surface area contributed by atoms with Crippen molar-refractivity contribution in [2.75, 3.05) is 7.11 Å². The van der Waals surface area contributed by atoms with Crippen LogP contribution in [0, 0.1) is 0 Å². The predicted molar refractivity (Wildman–Crippen MR) is 133 cm³/mol. The number of oxazole rings is 1. The predicted octanol–water partition coefficient (Wildman–Crippen LogP) is 4.37. The Hall–Kier alpha value is -4.18. The molecule has 0 atom stereocenters. The Morgan fingerprint density at radius 3 is 2.86 bits per heavy atom. The second-order valence-electron chi connectivity index (χ2n) is 8.75. The van der Waals surface area contributed by atoms with Crippen LogP contribution in [-0.2, 0) is 6.54 Å². The van der Waals surface area contributed by atoms with Gasteiger partial charge in [-0.2, -0.15) is 0 Å². The van der Waals surface area contributed by atoms with Crippen LogP contribution in [0.1, 0.15) is 30.1 Å². The van der Waals surface area contributed by atoms with E-state index >= 15 is 0 Å². The summed E-state index contributed by atoms with van der Waals surface area (Å²) < 4.78 is 13.4. The second-order valence-corrected chi connectivity index (χ2v) is 9.75. The zero-order valence-corrected chi connectivity index (χ0v) is 19.4. The second kappa shape index (κ2) is 7.41. The average molecular weight is 486 g/mol. The highest BCUT2D eigenvalue weighted by Gasteiger charge is 2.29. The van der Waals surface area contributed by atoms with Gasteiger partial charge in [-0.15, -0.1) is 11.3 Å². The molecule has 0 saturated heterocycles. The Balaban J connectivity index is 1.57.